The Bertz CT molecular complexity index is 1080. The predicted molar refractivity (Wildman–Crippen MR) is 111 cm³/mol. The second-order valence-corrected chi connectivity index (χ2v) is 8.05. The van der Waals surface area contributed by atoms with Crippen molar-refractivity contribution in [2.45, 2.75) is 13.0 Å². The van der Waals surface area contributed by atoms with Crippen LogP contribution in [0, 0.1) is 11.8 Å². The summed E-state index contributed by atoms with van der Waals surface area (Å²) in [4.78, 5) is 33.9. The Morgan fingerprint density at radius 1 is 0.897 bits per heavy atom. The summed E-state index contributed by atoms with van der Waals surface area (Å²) in [5.74, 6) is 0.632. The van der Waals surface area contributed by atoms with Gasteiger partial charge < -0.3 is 9.80 Å². The molecule has 0 N–H and O–H groups in total. The van der Waals surface area contributed by atoms with Crippen molar-refractivity contribution in [2.75, 3.05) is 19.6 Å². The Hall–Kier alpha value is -3.21. The molecule has 3 aromatic rings. The first-order valence-electron chi connectivity index (χ1n) is 10.1. The molecule has 5 heteroatoms. The summed E-state index contributed by atoms with van der Waals surface area (Å²) < 4.78 is 0. The number of aromatic nitrogens is 1. The fraction of sp³-hybridized carbons (Fsp3) is 0.292. The topological polar surface area (TPSA) is 53.5 Å². The first-order chi connectivity index (χ1) is 14.1. The van der Waals surface area contributed by atoms with Crippen molar-refractivity contribution in [3.63, 3.8) is 0 Å². The van der Waals surface area contributed by atoms with Crippen LogP contribution in [0.3, 0.4) is 0 Å². The van der Waals surface area contributed by atoms with Crippen LogP contribution in [0.25, 0.3) is 10.9 Å². The molecule has 2 saturated heterocycles. The van der Waals surface area contributed by atoms with Gasteiger partial charge in [0.25, 0.3) is 5.91 Å². The number of para-hydroxylation sites is 1. The van der Waals surface area contributed by atoms with Gasteiger partial charge in [0.1, 0.15) is 5.69 Å². The molecule has 29 heavy (non-hydrogen) atoms. The minimum atomic E-state index is -0.0219. The summed E-state index contributed by atoms with van der Waals surface area (Å²) in [5, 5.41) is 1.03. The molecule has 0 aliphatic carbocycles. The molecule has 2 fully saturated rings. The van der Waals surface area contributed by atoms with Gasteiger partial charge in [0.05, 0.1) is 11.6 Å². The largest absolute Gasteiger partial charge is 0.337 e. The van der Waals surface area contributed by atoms with Crippen LogP contribution in [0.1, 0.15) is 29.0 Å². The molecule has 2 aromatic carbocycles. The maximum Gasteiger partial charge on any atom is 0.272 e. The van der Waals surface area contributed by atoms with E-state index in [1.54, 1.807) is 6.92 Å². The minimum Gasteiger partial charge on any atom is -0.337 e. The molecule has 3 heterocycles. The van der Waals surface area contributed by atoms with Gasteiger partial charge in [-0.25, -0.2) is 4.98 Å². The molecule has 0 bridgehead atoms. The number of nitrogens with zero attached hydrogens (tertiary/aromatic N) is 3. The lowest BCUT2D eigenvalue weighted by molar-refractivity contribution is -0.130. The van der Waals surface area contributed by atoms with Crippen LogP contribution in [0.2, 0.25) is 0 Å². The highest BCUT2D eigenvalue weighted by Crippen LogP contribution is 2.45. The van der Waals surface area contributed by atoms with Gasteiger partial charge in [0.15, 0.2) is 0 Å². The number of hydrogen-bond donors (Lipinski definition) is 0. The Morgan fingerprint density at radius 3 is 2.45 bits per heavy atom. The summed E-state index contributed by atoms with van der Waals surface area (Å²) in [6, 6.07) is 21.8. The molecular formula is C24H23N3O2. The highest BCUT2D eigenvalue weighted by Gasteiger charge is 2.49. The zero-order valence-corrected chi connectivity index (χ0v) is 16.4. The molecule has 5 rings (SSSR count). The number of pyridine rings is 1. The Balaban J connectivity index is 1.41. The van der Waals surface area contributed by atoms with E-state index < -0.39 is 0 Å². The highest BCUT2D eigenvalue weighted by atomic mass is 16.2. The molecule has 0 spiro atoms. The molecule has 2 amide bonds. The number of amides is 2. The van der Waals surface area contributed by atoms with Crippen molar-refractivity contribution < 1.29 is 9.59 Å². The second-order valence-electron chi connectivity index (χ2n) is 8.05. The van der Waals surface area contributed by atoms with Crippen molar-refractivity contribution in [1.29, 1.82) is 0 Å². The molecule has 2 aliphatic heterocycles. The lowest BCUT2D eigenvalue weighted by atomic mass is 9.89. The van der Waals surface area contributed by atoms with Crippen LogP contribution in [-0.4, -0.2) is 46.2 Å². The molecule has 3 atom stereocenters. The van der Waals surface area contributed by atoms with E-state index in [2.05, 4.69) is 17.1 Å². The molecule has 0 radical (unpaired) electrons. The molecule has 0 unspecified atom stereocenters. The van der Waals surface area contributed by atoms with Crippen LogP contribution in [0.5, 0.6) is 0 Å². The van der Waals surface area contributed by atoms with Gasteiger partial charge in [-0.2, -0.15) is 0 Å². The minimum absolute atomic E-state index is 0.0219. The van der Waals surface area contributed by atoms with Crippen molar-refractivity contribution in [3.8, 4) is 0 Å². The lowest BCUT2D eigenvalue weighted by Crippen LogP contribution is -2.36. The van der Waals surface area contributed by atoms with Crippen LogP contribution < -0.4 is 0 Å². The summed E-state index contributed by atoms with van der Waals surface area (Å²) in [6.07, 6.45) is 0. The van der Waals surface area contributed by atoms with Gasteiger partial charge in [-0.3, -0.25) is 9.59 Å². The standard InChI is InChI=1S/C24H23N3O2/c1-16(28)27-14-19-13-26(15-20(19)23(27)18-8-3-2-4-9-18)24(29)22-12-11-17-7-5-6-10-21(17)25-22/h2-12,19-20,23H,13-15H2,1H3/t19-,20-,23+/m1/s1. The van der Waals surface area contributed by atoms with E-state index in [0.717, 1.165) is 16.5 Å². The number of carbonyl (C=O) groups is 2. The second kappa shape index (κ2) is 6.99. The van der Waals surface area contributed by atoms with E-state index in [-0.39, 0.29) is 23.8 Å². The number of fused-ring (bicyclic) bond motifs is 2. The Kier molecular flexibility index (Phi) is 4.31. The van der Waals surface area contributed by atoms with E-state index in [1.165, 1.54) is 0 Å². The molecule has 146 valence electrons. The normalized spacial score (nSPS) is 23.4. The first kappa shape index (κ1) is 17.9. The Labute approximate surface area is 170 Å². The van der Waals surface area contributed by atoms with Crippen molar-refractivity contribution in [1.82, 2.24) is 14.8 Å². The molecule has 0 saturated carbocycles. The molecule has 1 aromatic heterocycles. The fourth-order valence-electron chi connectivity index (χ4n) is 4.96. The zero-order valence-electron chi connectivity index (χ0n) is 16.4. The summed E-state index contributed by atoms with van der Waals surface area (Å²) >= 11 is 0. The quantitative estimate of drug-likeness (QED) is 0.678. The third-order valence-electron chi connectivity index (χ3n) is 6.31. The number of carbonyl (C=O) groups excluding carboxylic acids is 2. The smallest absolute Gasteiger partial charge is 0.272 e. The van der Waals surface area contributed by atoms with E-state index in [9.17, 15) is 9.59 Å². The zero-order chi connectivity index (χ0) is 20.0. The SMILES string of the molecule is CC(=O)N1C[C@H]2CN(C(=O)c3ccc4ccccc4n3)C[C@H]2[C@@H]1c1ccccc1. The lowest BCUT2D eigenvalue weighted by Gasteiger charge is -2.29. The van der Waals surface area contributed by atoms with Gasteiger partial charge in [0.2, 0.25) is 5.91 Å². The van der Waals surface area contributed by atoms with E-state index in [1.807, 2.05) is 64.4 Å². The van der Waals surface area contributed by atoms with Gasteiger partial charge in [-0.15, -0.1) is 0 Å². The van der Waals surface area contributed by atoms with Crippen LogP contribution in [0.4, 0.5) is 0 Å². The van der Waals surface area contributed by atoms with Gasteiger partial charge >= 0.3 is 0 Å². The average molecular weight is 385 g/mol. The number of hydrogen-bond acceptors (Lipinski definition) is 3. The fourth-order valence-corrected chi connectivity index (χ4v) is 4.96. The molecule has 2 aliphatic rings. The highest BCUT2D eigenvalue weighted by molar-refractivity contribution is 5.95. The van der Waals surface area contributed by atoms with E-state index >= 15 is 0 Å². The van der Waals surface area contributed by atoms with Crippen molar-refractivity contribution >= 4 is 22.7 Å². The maximum atomic E-state index is 13.2. The van der Waals surface area contributed by atoms with Crippen LogP contribution in [0.15, 0.2) is 66.7 Å². The first-order valence-corrected chi connectivity index (χ1v) is 10.1. The van der Waals surface area contributed by atoms with Gasteiger partial charge in [-0.1, -0.05) is 54.6 Å². The number of rotatable bonds is 2. The predicted octanol–water partition coefficient (Wildman–Crippen LogP) is 3.53. The van der Waals surface area contributed by atoms with E-state index in [4.69, 9.17) is 0 Å². The van der Waals surface area contributed by atoms with E-state index in [0.29, 0.717) is 31.2 Å². The Morgan fingerprint density at radius 2 is 1.66 bits per heavy atom. The maximum absolute atomic E-state index is 13.2. The molecule has 5 nitrogen and oxygen atoms in total. The number of benzene rings is 2. The third kappa shape index (κ3) is 3.07. The van der Waals surface area contributed by atoms with Crippen LogP contribution in [-0.2, 0) is 4.79 Å². The monoisotopic (exact) mass is 385 g/mol. The van der Waals surface area contributed by atoms with Crippen molar-refractivity contribution in [3.05, 3.63) is 78.0 Å². The summed E-state index contributed by atoms with van der Waals surface area (Å²) in [5.41, 5.74) is 2.47. The summed E-state index contributed by atoms with van der Waals surface area (Å²) in [7, 11) is 0. The summed E-state index contributed by atoms with van der Waals surface area (Å²) in [6.45, 7) is 3.67. The van der Waals surface area contributed by atoms with Gasteiger partial charge in [0, 0.05) is 43.8 Å². The van der Waals surface area contributed by atoms with Crippen molar-refractivity contribution in [2.24, 2.45) is 11.8 Å². The van der Waals surface area contributed by atoms with Gasteiger partial charge in [-0.05, 0) is 17.7 Å². The average Bonchev–Trinajstić information content (AvgIpc) is 3.31. The molecular weight excluding hydrogens is 362 g/mol. The third-order valence-corrected chi connectivity index (χ3v) is 6.31. The van der Waals surface area contributed by atoms with Crippen LogP contribution >= 0.6 is 0 Å². The number of likely N-dealkylation sites (tertiary alicyclic amines) is 2.